The third-order valence-corrected chi connectivity index (χ3v) is 4.92. The Morgan fingerprint density at radius 1 is 1.44 bits per heavy atom. The molecule has 3 heterocycles. The molecule has 2 aromatic heterocycles. The standard InChI is InChI=1S/C19H22N4O3.ClH/c1-22-7-6-21-19(22)16-11-20-5-8-23(16)18(24)9-13-12-26-17-10-14(25-2)3-4-15(13)17;/h3-4,6-7,10,12,16,20H,5,8-9,11H2,1-2H3;1H. The van der Waals surface area contributed by atoms with Crippen molar-refractivity contribution >= 4 is 29.3 Å². The van der Waals surface area contributed by atoms with E-state index < -0.39 is 0 Å². The van der Waals surface area contributed by atoms with Crippen LogP contribution in [-0.2, 0) is 18.3 Å². The highest BCUT2D eigenvalue weighted by Crippen LogP contribution is 2.27. The van der Waals surface area contributed by atoms with Crippen LogP contribution in [0.2, 0.25) is 0 Å². The molecule has 8 heteroatoms. The van der Waals surface area contributed by atoms with E-state index in [1.807, 2.05) is 40.9 Å². The van der Waals surface area contributed by atoms with Crippen molar-refractivity contribution in [1.82, 2.24) is 19.8 Å². The molecule has 1 aliphatic rings. The summed E-state index contributed by atoms with van der Waals surface area (Å²) in [6.45, 7) is 2.16. The molecule has 144 valence electrons. The number of nitrogens with zero attached hydrogens (tertiary/aromatic N) is 3. The number of furan rings is 1. The second kappa shape index (κ2) is 8.02. The van der Waals surface area contributed by atoms with Gasteiger partial charge in [0.25, 0.3) is 0 Å². The van der Waals surface area contributed by atoms with Gasteiger partial charge in [0, 0.05) is 56.1 Å². The number of carbonyl (C=O) groups is 1. The molecule has 1 aliphatic heterocycles. The summed E-state index contributed by atoms with van der Waals surface area (Å²) in [6, 6.07) is 5.60. The van der Waals surface area contributed by atoms with Crippen LogP contribution in [-0.4, -0.2) is 47.1 Å². The van der Waals surface area contributed by atoms with E-state index in [-0.39, 0.29) is 24.4 Å². The van der Waals surface area contributed by atoms with Crippen molar-refractivity contribution in [3.8, 4) is 5.75 Å². The predicted octanol–water partition coefficient (Wildman–Crippen LogP) is 2.31. The van der Waals surface area contributed by atoms with E-state index in [4.69, 9.17) is 9.15 Å². The number of aromatic nitrogens is 2. The van der Waals surface area contributed by atoms with Crippen LogP contribution < -0.4 is 10.1 Å². The van der Waals surface area contributed by atoms with Crippen molar-refractivity contribution in [1.29, 1.82) is 0 Å². The fraction of sp³-hybridized carbons (Fsp3) is 0.368. The van der Waals surface area contributed by atoms with Crippen molar-refractivity contribution in [3.05, 3.63) is 48.2 Å². The van der Waals surface area contributed by atoms with Crippen LogP contribution in [0.4, 0.5) is 0 Å². The smallest absolute Gasteiger partial charge is 0.227 e. The van der Waals surface area contributed by atoms with Crippen molar-refractivity contribution in [2.75, 3.05) is 26.7 Å². The molecule has 4 rings (SSSR count). The van der Waals surface area contributed by atoms with Crippen LogP contribution >= 0.6 is 12.4 Å². The molecule has 3 aromatic rings. The number of nitrogens with one attached hydrogen (secondary N) is 1. The monoisotopic (exact) mass is 390 g/mol. The van der Waals surface area contributed by atoms with E-state index in [2.05, 4.69) is 10.3 Å². The number of rotatable bonds is 4. The predicted molar refractivity (Wildman–Crippen MR) is 104 cm³/mol. The number of fused-ring (bicyclic) bond motifs is 1. The number of halogens is 1. The maximum atomic E-state index is 13.0. The Bertz CT molecular complexity index is 936. The first-order valence-electron chi connectivity index (χ1n) is 8.69. The van der Waals surface area contributed by atoms with Gasteiger partial charge in [-0.15, -0.1) is 12.4 Å². The minimum atomic E-state index is -0.0606. The fourth-order valence-corrected chi connectivity index (χ4v) is 3.52. The fourth-order valence-electron chi connectivity index (χ4n) is 3.52. The van der Waals surface area contributed by atoms with Crippen molar-refractivity contribution in [2.45, 2.75) is 12.5 Å². The van der Waals surface area contributed by atoms with Crippen LogP contribution in [0.3, 0.4) is 0 Å². The number of ether oxygens (including phenoxy) is 1. The van der Waals surface area contributed by atoms with Crippen LogP contribution in [0, 0.1) is 0 Å². The van der Waals surface area contributed by atoms with Gasteiger partial charge in [0.2, 0.25) is 5.91 Å². The second-order valence-corrected chi connectivity index (χ2v) is 6.50. The van der Waals surface area contributed by atoms with Gasteiger partial charge in [0.1, 0.15) is 23.2 Å². The van der Waals surface area contributed by atoms with Crippen LogP contribution in [0.15, 0.2) is 41.3 Å². The summed E-state index contributed by atoms with van der Waals surface area (Å²) >= 11 is 0. The lowest BCUT2D eigenvalue weighted by atomic mass is 10.1. The number of hydrogen-bond donors (Lipinski definition) is 1. The molecule has 7 nitrogen and oxygen atoms in total. The molecule has 1 aromatic carbocycles. The first kappa shape index (κ1) is 19.3. The van der Waals surface area contributed by atoms with Gasteiger partial charge in [-0.3, -0.25) is 4.79 Å². The van der Waals surface area contributed by atoms with Gasteiger partial charge in [-0.25, -0.2) is 4.98 Å². The molecule has 0 aliphatic carbocycles. The summed E-state index contributed by atoms with van der Waals surface area (Å²) in [4.78, 5) is 19.4. The zero-order valence-electron chi connectivity index (χ0n) is 15.3. The summed E-state index contributed by atoms with van der Waals surface area (Å²) in [5.74, 6) is 1.71. The SMILES string of the molecule is COc1ccc2c(CC(=O)N3CCNCC3c3nccn3C)coc2c1.Cl. The highest BCUT2D eigenvalue weighted by molar-refractivity contribution is 5.88. The number of hydrogen-bond acceptors (Lipinski definition) is 5. The Labute approximate surface area is 163 Å². The van der Waals surface area contributed by atoms with Gasteiger partial charge in [-0.05, 0) is 12.1 Å². The first-order valence-corrected chi connectivity index (χ1v) is 8.69. The van der Waals surface area contributed by atoms with E-state index in [1.54, 1.807) is 19.6 Å². The van der Waals surface area contributed by atoms with E-state index >= 15 is 0 Å². The van der Waals surface area contributed by atoms with E-state index in [0.717, 1.165) is 34.7 Å². The van der Waals surface area contributed by atoms with E-state index in [0.29, 0.717) is 19.5 Å². The number of imidazole rings is 1. The van der Waals surface area contributed by atoms with Gasteiger partial charge in [0.05, 0.1) is 19.8 Å². The Kier molecular flexibility index (Phi) is 5.72. The summed E-state index contributed by atoms with van der Waals surface area (Å²) in [6.07, 6.45) is 5.65. The lowest BCUT2D eigenvalue weighted by Crippen LogP contribution is -2.49. The lowest BCUT2D eigenvalue weighted by molar-refractivity contribution is -0.134. The molecule has 0 saturated carbocycles. The molecule has 1 N–H and O–H groups in total. The largest absolute Gasteiger partial charge is 0.497 e. The molecular formula is C19H23ClN4O3. The Hall–Kier alpha value is -2.51. The minimum Gasteiger partial charge on any atom is -0.497 e. The van der Waals surface area contributed by atoms with Crippen LogP contribution in [0.25, 0.3) is 11.0 Å². The molecule has 0 spiro atoms. The van der Waals surface area contributed by atoms with Gasteiger partial charge in [-0.2, -0.15) is 0 Å². The van der Waals surface area contributed by atoms with E-state index in [9.17, 15) is 4.79 Å². The molecule has 1 unspecified atom stereocenters. The number of piperazine rings is 1. The van der Waals surface area contributed by atoms with Crippen LogP contribution in [0.5, 0.6) is 5.75 Å². The molecular weight excluding hydrogens is 368 g/mol. The van der Waals surface area contributed by atoms with Crippen molar-refractivity contribution < 1.29 is 13.9 Å². The normalized spacial score (nSPS) is 17.0. The number of amides is 1. The van der Waals surface area contributed by atoms with Crippen molar-refractivity contribution in [3.63, 3.8) is 0 Å². The Morgan fingerprint density at radius 2 is 2.30 bits per heavy atom. The molecule has 1 atom stereocenters. The molecule has 27 heavy (non-hydrogen) atoms. The highest BCUT2D eigenvalue weighted by Gasteiger charge is 2.30. The zero-order chi connectivity index (χ0) is 18.1. The van der Waals surface area contributed by atoms with Gasteiger partial charge in [0.15, 0.2) is 0 Å². The summed E-state index contributed by atoms with van der Waals surface area (Å²) < 4.78 is 12.8. The third-order valence-electron chi connectivity index (χ3n) is 4.92. The molecule has 0 radical (unpaired) electrons. The quantitative estimate of drug-likeness (QED) is 0.740. The maximum absolute atomic E-state index is 13.0. The maximum Gasteiger partial charge on any atom is 0.227 e. The Morgan fingerprint density at radius 3 is 3.04 bits per heavy atom. The first-order chi connectivity index (χ1) is 12.7. The Balaban J connectivity index is 0.00000210. The van der Waals surface area contributed by atoms with Gasteiger partial charge >= 0.3 is 0 Å². The van der Waals surface area contributed by atoms with E-state index in [1.165, 1.54) is 0 Å². The van der Waals surface area contributed by atoms with Crippen LogP contribution in [0.1, 0.15) is 17.4 Å². The summed E-state index contributed by atoms with van der Waals surface area (Å²) in [5, 5.41) is 4.30. The third kappa shape index (κ3) is 3.65. The van der Waals surface area contributed by atoms with Gasteiger partial charge < -0.3 is 23.9 Å². The topological polar surface area (TPSA) is 72.5 Å². The zero-order valence-corrected chi connectivity index (χ0v) is 16.2. The minimum absolute atomic E-state index is 0. The van der Waals surface area contributed by atoms with Crippen molar-refractivity contribution in [2.24, 2.45) is 7.05 Å². The summed E-state index contributed by atoms with van der Waals surface area (Å²) in [7, 11) is 3.58. The number of methoxy groups -OCH3 is 1. The molecule has 1 saturated heterocycles. The number of carbonyl (C=O) groups excluding carboxylic acids is 1. The molecule has 1 fully saturated rings. The average molecular weight is 391 g/mol. The molecule has 0 bridgehead atoms. The molecule has 1 amide bonds. The number of aryl methyl sites for hydroxylation is 1. The second-order valence-electron chi connectivity index (χ2n) is 6.50. The average Bonchev–Trinajstić information content (AvgIpc) is 3.27. The lowest BCUT2D eigenvalue weighted by Gasteiger charge is -2.35. The van der Waals surface area contributed by atoms with Gasteiger partial charge in [-0.1, -0.05) is 0 Å². The summed E-state index contributed by atoms with van der Waals surface area (Å²) in [5.41, 5.74) is 1.62. The number of benzene rings is 1. The highest BCUT2D eigenvalue weighted by atomic mass is 35.5.